The van der Waals surface area contributed by atoms with Crippen LogP contribution in [0, 0.1) is 5.82 Å². The Morgan fingerprint density at radius 1 is 1.46 bits per heavy atom. The monoisotopic (exact) mass is 390 g/mol. The van der Waals surface area contributed by atoms with Crippen molar-refractivity contribution in [3.8, 4) is 0 Å². The molecule has 1 aromatic carbocycles. The average Bonchev–Trinajstić information content (AvgIpc) is 3.19. The van der Waals surface area contributed by atoms with Crippen molar-refractivity contribution >= 4 is 11.8 Å². The first-order chi connectivity index (χ1) is 13.4. The number of nitrogens with zero attached hydrogens (tertiary/aromatic N) is 2. The first kappa shape index (κ1) is 20.0. The summed E-state index contributed by atoms with van der Waals surface area (Å²) in [4.78, 5) is 26.5. The van der Waals surface area contributed by atoms with E-state index in [4.69, 9.17) is 4.74 Å². The number of halogens is 1. The first-order valence-corrected chi connectivity index (χ1v) is 8.97. The Kier molecular flexibility index (Phi) is 6.05. The van der Waals surface area contributed by atoms with Crippen molar-refractivity contribution in [3.63, 3.8) is 0 Å². The molecule has 8 nitrogen and oxygen atoms in total. The molecule has 3 rings (SSSR count). The number of amides is 2. The molecule has 9 heteroatoms. The third kappa shape index (κ3) is 4.73. The van der Waals surface area contributed by atoms with Gasteiger partial charge in [0.05, 0.1) is 32.4 Å². The second-order valence-corrected chi connectivity index (χ2v) is 7.05. The molecule has 28 heavy (non-hydrogen) atoms. The van der Waals surface area contributed by atoms with Crippen LogP contribution in [0.25, 0.3) is 0 Å². The van der Waals surface area contributed by atoms with Crippen LogP contribution in [0.2, 0.25) is 0 Å². The lowest BCUT2D eigenvalue weighted by molar-refractivity contribution is -0.124. The van der Waals surface area contributed by atoms with E-state index < -0.39 is 18.0 Å². The van der Waals surface area contributed by atoms with E-state index in [-0.39, 0.29) is 36.9 Å². The van der Waals surface area contributed by atoms with E-state index in [1.165, 1.54) is 18.2 Å². The van der Waals surface area contributed by atoms with Gasteiger partial charge in [0.2, 0.25) is 5.91 Å². The van der Waals surface area contributed by atoms with Crippen LogP contribution in [0.5, 0.6) is 0 Å². The molecule has 1 fully saturated rings. The number of benzene rings is 1. The highest BCUT2D eigenvalue weighted by Crippen LogP contribution is 2.20. The van der Waals surface area contributed by atoms with Crippen molar-refractivity contribution in [3.05, 3.63) is 53.1 Å². The first-order valence-electron chi connectivity index (χ1n) is 8.97. The Bertz CT molecular complexity index is 842. The normalized spacial score (nSPS) is 19.5. The molecule has 0 bridgehead atoms. The smallest absolute Gasteiger partial charge is 0.254 e. The summed E-state index contributed by atoms with van der Waals surface area (Å²) in [6.07, 6.45) is 3.44. The second kappa shape index (κ2) is 8.49. The molecule has 1 aliphatic rings. The molecule has 1 aromatic heterocycles. The number of carbonyl (C=O) groups excluding carboxylic acids is 2. The number of aliphatic hydroxyl groups is 1. The fourth-order valence-electron chi connectivity index (χ4n) is 3.13. The number of ether oxygens (including phenoxy) is 1. The summed E-state index contributed by atoms with van der Waals surface area (Å²) in [5.74, 6) is -0.985. The van der Waals surface area contributed by atoms with Crippen molar-refractivity contribution in [2.45, 2.75) is 25.6 Å². The van der Waals surface area contributed by atoms with Crippen LogP contribution in [0.15, 0.2) is 30.6 Å². The Morgan fingerprint density at radius 2 is 2.29 bits per heavy atom. The molecule has 0 aliphatic carbocycles. The zero-order valence-electron chi connectivity index (χ0n) is 15.6. The number of aromatic amines is 1. The molecule has 1 aliphatic heterocycles. The Balaban J connectivity index is 1.60. The van der Waals surface area contributed by atoms with Gasteiger partial charge in [0, 0.05) is 30.4 Å². The SMILES string of the molecule is CC1(CNC(=O)Cc2cn[nH]c2)CN(C(=O)c2ccc(F)c(CO)c2)CCO1. The number of aliphatic hydroxyl groups excluding tert-OH is 1. The highest BCUT2D eigenvalue weighted by molar-refractivity contribution is 5.94. The highest BCUT2D eigenvalue weighted by Gasteiger charge is 2.35. The number of hydrogen-bond acceptors (Lipinski definition) is 5. The van der Waals surface area contributed by atoms with Gasteiger partial charge in [-0.2, -0.15) is 5.10 Å². The Labute approximate surface area is 161 Å². The fourth-order valence-corrected chi connectivity index (χ4v) is 3.13. The third-order valence-corrected chi connectivity index (χ3v) is 4.67. The molecular weight excluding hydrogens is 367 g/mol. The summed E-state index contributed by atoms with van der Waals surface area (Å²) < 4.78 is 19.4. The molecular formula is C19H23FN4O4. The molecule has 1 saturated heterocycles. The minimum absolute atomic E-state index is 0.0772. The molecule has 0 saturated carbocycles. The minimum Gasteiger partial charge on any atom is -0.392 e. The molecule has 2 heterocycles. The molecule has 3 N–H and O–H groups in total. The van der Waals surface area contributed by atoms with Gasteiger partial charge in [0.1, 0.15) is 11.4 Å². The van der Waals surface area contributed by atoms with Gasteiger partial charge in [0.15, 0.2) is 0 Å². The van der Waals surface area contributed by atoms with Crippen molar-refractivity contribution < 1.29 is 23.8 Å². The van der Waals surface area contributed by atoms with Gasteiger partial charge < -0.3 is 20.1 Å². The summed E-state index contributed by atoms with van der Waals surface area (Å²) in [6.45, 7) is 2.60. The van der Waals surface area contributed by atoms with Gasteiger partial charge in [-0.25, -0.2) is 4.39 Å². The maximum Gasteiger partial charge on any atom is 0.254 e. The summed E-state index contributed by atoms with van der Waals surface area (Å²) in [7, 11) is 0. The quantitative estimate of drug-likeness (QED) is 0.671. The van der Waals surface area contributed by atoms with Crippen molar-refractivity contribution in [1.29, 1.82) is 0 Å². The van der Waals surface area contributed by atoms with E-state index in [1.807, 2.05) is 6.92 Å². The molecule has 0 spiro atoms. The standard InChI is InChI=1S/C19H23FN4O4/c1-19(11-21-17(26)6-13-8-22-23-9-13)12-24(4-5-28-19)18(27)14-2-3-16(20)15(7-14)10-25/h2-3,7-9,25H,4-6,10-12H2,1H3,(H,21,26)(H,22,23). The van der Waals surface area contributed by atoms with Crippen LogP contribution in [0.1, 0.15) is 28.4 Å². The van der Waals surface area contributed by atoms with E-state index in [0.717, 1.165) is 5.56 Å². The molecule has 2 amide bonds. The highest BCUT2D eigenvalue weighted by atomic mass is 19.1. The Morgan fingerprint density at radius 3 is 3.00 bits per heavy atom. The summed E-state index contributed by atoms with van der Waals surface area (Å²) >= 11 is 0. The predicted octanol–water partition coefficient (Wildman–Crippen LogP) is 0.631. The second-order valence-electron chi connectivity index (χ2n) is 7.05. The lowest BCUT2D eigenvalue weighted by Crippen LogP contribution is -2.57. The molecule has 0 radical (unpaired) electrons. The van der Waals surface area contributed by atoms with Gasteiger partial charge in [-0.15, -0.1) is 0 Å². The third-order valence-electron chi connectivity index (χ3n) is 4.67. The van der Waals surface area contributed by atoms with Crippen molar-refractivity contribution in [2.24, 2.45) is 0 Å². The van der Waals surface area contributed by atoms with Crippen LogP contribution in [-0.2, 0) is 22.6 Å². The summed E-state index contributed by atoms with van der Waals surface area (Å²) in [5.41, 5.74) is 0.423. The minimum atomic E-state index is -0.736. The number of morpholine rings is 1. The van der Waals surface area contributed by atoms with Gasteiger partial charge >= 0.3 is 0 Å². The van der Waals surface area contributed by atoms with E-state index in [9.17, 15) is 19.1 Å². The van der Waals surface area contributed by atoms with Crippen LogP contribution < -0.4 is 5.32 Å². The van der Waals surface area contributed by atoms with Crippen LogP contribution >= 0.6 is 0 Å². The van der Waals surface area contributed by atoms with Gasteiger partial charge in [-0.05, 0) is 30.7 Å². The van der Waals surface area contributed by atoms with E-state index in [1.54, 1.807) is 17.3 Å². The maximum absolute atomic E-state index is 13.6. The maximum atomic E-state index is 13.6. The average molecular weight is 390 g/mol. The largest absolute Gasteiger partial charge is 0.392 e. The number of nitrogens with one attached hydrogen (secondary N) is 2. The molecule has 1 unspecified atom stereocenters. The zero-order chi connectivity index (χ0) is 20.1. The summed E-state index contributed by atoms with van der Waals surface area (Å²) in [6, 6.07) is 3.93. The topological polar surface area (TPSA) is 108 Å². The predicted molar refractivity (Wildman–Crippen MR) is 97.9 cm³/mol. The number of H-pyrrole nitrogens is 1. The van der Waals surface area contributed by atoms with Crippen molar-refractivity contribution in [2.75, 3.05) is 26.2 Å². The van der Waals surface area contributed by atoms with E-state index in [0.29, 0.717) is 18.7 Å². The zero-order valence-corrected chi connectivity index (χ0v) is 15.6. The molecule has 2 aromatic rings. The number of aromatic nitrogens is 2. The lowest BCUT2D eigenvalue weighted by atomic mass is 10.0. The molecule has 1 atom stereocenters. The van der Waals surface area contributed by atoms with Crippen molar-refractivity contribution in [1.82, 2.24) is 20.4 Å². The van der Waals surface area contributed by atoms with Crippen LogP contribution in [-0.4, -0.2) is 63.9 Å². The number of hydrogen-bond donors (Lipinski definition) is 3. The number of carbonyl (C=O) groups is 2. The Hall–Kier alpha value is -2.78. The fraction of sp³-hybridized carbons (Fsp3) is 0.421. The van der Waals surface area contributed by atoms with Crippen LogP contribution in [0.4, 0.5) is 4.39 Å². The molecule has 150 valence electrons. The summed E-state index contributed by atoms with van der Waals surface area (Å²) in [5, 5.41) is 18.5. The number of rotatable bonds is 6. The van der Waals surface area contributed by atoms with Crippen LogP contribution in [0.3, 0.4) is 0 Å². The lowest BCUT2D eigenvalue weighted by Gasteiger charge is -2.40. The van der Waals surface area contributed by atoms with E-state index >= 15 is 0 Å². The van der Waals surface area contributed by atoms with E-state index in [2.05, 4.69) is 15.5 Å². The van der Waals surface area contributed by atoms with Gasteiger partial charge in [-0.1, -0.05) is 0 Å². The van der Waals surface area contributed by atoms with Gasteiger partial charge in [-0.3, -0.25) is 14.7 Å². The van der Waals surface area contributed by atoms with Gasteiger partial charge in [0.25, 0.3) is 5.91 Å².